The molecule has 0 saturated heterocycles. The van der Waals surface area contributed by atoms with Crippen molar-refractivity contribution >= 4 is 23.3 Å². The van der Waals surface area contributed by atoms with Gasteiger partial charge in [-0.15, -0.1) is 0 Å². The molecule has 0 N–H and O–H groups in total. The third-order valence-electron chi connectivity index (χ3n) is 3.56. The highest BCUT2D eigenvalue weighted by molar-refractivity contribution is 5.83. The molecule has 0 radical (unpaired) electrons. The number of esters is 2. The average Bonchev–Trinajstić information content (AvgIpc) is 2.76. The molecule has 2 rings (SSSR count). The monoisotopic (exact) mass is 394 g/mol. The van der Waals surface area contributed by atoms with Gasteiger partial charge in [0.2, 0.25) is 0 Å². The standard InChI is InChI=1S/C22H22N2O5/c1-3-21(25)28-16-6-5-15-27-19-11-7-17(8-12-19)23-24-18-9-13-20(14-10-18)29-22(26)4-2/h3-4,7-14H,1-2,5-6,15-16H2. The van der Waals surface area contributed by atoms with Crippen LogP contribution < -0.4 is 9.47 Å². The molecule has 2 aromatic carbocycles. The SMILES string of the molecule is C=CC(=O)OCCCCOc1ccc(N=Nc2ccc(OC(=O)C=C)cc2)cc1. The van der Waals surface area contributed by atoms with Crippen LogP contribution >= 0.6 is 0 Å². The maximum absolute atomic E-state index is 11.1. The molecule has 150 valence electrons. The molecule has 0 aliphatic rings. The normalized spacial score (nSPS) is 10.3. The summed E-state index contributed by atoms with van der Waals surface area (Å²) in [4.78, 5) is 22.0. The van der Waals surface area contributed by atoms with Crippen LogP contribution in [0.4, 0.5) is 11.4 Å². The second kappa shape index (κ2) is 11.9. The molecular formula is C22H22N2O5. The molecule has 0 spiro atoms. The highest BCUT2D eigenvalue weighted by Crippen LogP contribution is 2.23. The summed E-state index contributed by atoms with van der Waals surface area (Å²) in [7, 11) is 0. The summed E-state index contributed by atoms with van der Waals surface area (Å²) in [6, 6.07) is 13.9. The van der Waals surface area contributed by atoms with Crippen molar-refractivity contribution in [1.82, 2.24) is 0 Å². The van der Waals surface area contributed by atoms with E-state index in [0.29, 0.717) is 30.3 Å². The molecule has 0 unspecified atom stereocenters. The Morgan fingerprint density at radius 1 is 0.759 bits per heavy atom. The summed E-state index contributed by atoms with van der Waals surface area (Å²) < 4.78 is 15.5. The van der Waals surface area contributed by atoms with E-state index >= 15 is 0 Å². The van der Waals surface area contributed by atoms with Gasteiger partial charge in [0.15, 0.2) is 0 Å². The van der Waals surface area contributed by atoms with Crippen molar-refractivity contribution in [2.24, 2.45) is 10.2 Å². The fourth-order valence-corrected chi connectivity index (χ4v) is 2.09. The minimum atomic E-state index is -0.516. The number of ether oxygens (including phenoxy) is 3. The summed E-state index contributed by atoms with van der Waals surface area (Å²) in [5, 5.41) is 8.30. The second-order valence-corrected chi connectivity index (χ2v) is 5.74. The molecule has 7 heteroatoms. The van der Waals surface area contributed by atoms with Gasteiger partial charge in [0.05, 0.1) is 24.6 Å². The van der Waals surface area contributed by atoms with Crippen molar-refractivity contribution in [2.75, 3.05) is 13.2 Å². The number of unbranched alkanes of at least 4 members (excludes halogenated alkanes) is 1. The number of nitrogens with zero attached hydrogens (tertiary/aromatic N) is 2. The van der Waals surface area contributed by atoms with E-state index in [0.717, 1.165) is 30.7 Å². The third-order valence-corrected chi connectivity index (χ3v) is 3.56. The number of azo groups is 1. The summed E-state index contributed by atoms with van der Waals surface area (Å²) >= 11 is 0. The van der Waals surface area contributed by atoms with E-state index < -0.39 is 11.9 Å². The van der Waals surface area contributed by atoms with Crippen LogP contribution in [-0.4, -0.2) is 25.2 Å². The maximum Gasteiger partial charge on any atom is 0.335 e. The molecule has 0 aliphatic carbocycles. The summed E-state index contributed by atoms with van der Waals surface area (Å²) in [6.45, 7) is 7.56. The smallest absolute Gasteiger partial charge is 0.335 e. The molecule has 0 heterocycles. The van der Waals surface area contributed by atoms with Crippen LogP contribution in [0.15, 0.2) is 84.1 Å². The van der Waals surface area contributed by atoms with Crippen molar-refractivity contribution in [3.63, 3.8) is 0 Å². The lowest BCUT2D eigenvalue weighted by Gasteiger charge is -2.06. The topological polar surface area (TPSA) is 86.6 Å². The summed E-state index contributed by atoms with van der Waals surface area (Å²) in [5.74, 6) is 0.204. The number of carbonyl (C=O) groups excluding carboxylic acids is 2. The van der Waals surface area contributed by atoms with Gasteiger partial charge in [-0.2, -0.15) is 10.2 Å². The lowest BCUT2D eigenvalue weighted by molar-refractivity contribution is -0.137. The van der Waals surface area contributed by atoms with E-state index in [1.807, 2.05) is 12.1 Å². The van der Waals surface area contributed by atoms with Crippen molar-refractivity contribution in [2.45, 2.75) is 12.8 Å². The van der Waals surface area contributed by atoms with Gasteiger partial charge in [0.1, 0.15) is 11.5 Å². The zero-order valence-electron chi connectivity index (χ0n) is 16.0. The van der Waals surface area contributed by atoms with Gasteiger partial charge in [-0.1, -0.05) is 13.2 Å². The van der Waals surface area contributed by atoms with Gasteiger partial charge in [-0.25, -0.2) is 9.59 Å². The molecule has 7 nitrogen and oxygen atoms in total. The van der Waals surface area contributed by atoms with E-state index in [2.05, 4.69) is 23.4 Å². The number of rotatable bonds is 11. The minimum absolute atomic E-state index is 0.352. The van der Waals surface area contributed by atoms with E-state index in [1.165, 1.54) is 0 Å². The molecule has 0 amide bonds. The van der Waals surface area contributed by atoms with Crippen LogP contribution in [0.2, 0.25) is 0 Å². The first-order valence-corrected chi connectivity index (χ1v) is 8.99. The molecule has 29 heavy (non-hydrogen) atoms. The van der Waals surface area contributed by atoms with Gasteiger partial charge in [-0.3, -0.25) is 0 Å². The Balaban J connectivity index is 1.75. The lowest BCUT2D eigenvalue weighted by Crippen LogP contribution is -2.04. The minimum Gasteiger partial charge on any atom is -0.494 e. The first-order chi connectivity index (χ1) is 14.1. The Bertz CT molecular complexity index is 858. The van der Waals surface area contributed by atoms with Crippen molar-refractivity contribution in [3.8, 4) is 11.5 Å². The van der Waals surface area contributed by atoms with E-state index in [4.69, 9.17) is 14.2 Å². The highest BCUT2D eigenvalue weighted by atomic mass is 16.5. The molecular weight excluding hydrogens is 372 g/mol. The number of hydrogen-bond donors (Lipinski definition) is 0. The highest BCUT2D eigenvalue weighted by Gasteiger charge is 2.00. The van der Waals surface area contributed by atoms with Crippen molar-refractivity contribution < 1.29 is 23.8 Å². The Hall–Kier alpha value is -3.74. The molecule has 0 saturated carbocycles. The van der Waals surface area contributed by atoms with Gasteiger partial charge >= 0.3 is 11.9 Å². The average molecular weight is 394 g/mol. The molecule has 2 aromatic rings. The van der Waals surface area contributed by atoms with E-state index in [1.54, 1.807) is 36.4 Å². The molecule has 0 aliphatic heterocycles. The zero-order valence-corrected chi connectivity index (χ0v) is 16.0. The fraction of sp³-hybridized carbons (Fsp3) is 0.182. The molecule has 0 aromatic heterocycles. The van der Waals surface area contributed by atoms with Crippen LogP contribution in [0.1, 0.15) is 12.8 Å². The van der Waals surface area contributed by atoms with Crippen LogP contribution in [0, 0.1) is 0 Å². The van der Waals surface area contributed by atoms with Crippen molar-refractivity contribution in [1.29, 1.82) is 0 Å². The van der Waals surface area contributed by atoms with Crippen molar-refractivity contribution in [3.05, 3.63) is 73.8 Å². The number of hydrogen-bond acceptors (Lipinski definition) is 7. The maximum atomic E-state index is 11.1. The zero-order chi connectivity index (χ0) is 20.9. The largest absolute Gasteiger partial charge is 0.494 e. The van der Waals surface area contributed by atoms with E-state index in [-0.39, 0.29) is 0 Å². The van der Waals surface area contributed by atoms with Gasteiger partial charge in [0.25, 0.3) is 0 Å². The number of benzene rings is 2. The Labute approximate surface area is 169 Å². The molecule has 0 fully saturated rings. The van der Waals surface area contributed by atoms with Crippen LogP contribution in [-0.2, 0) is 14.3 Å². The van der Waals surface area contributed by atoms with Crippen LogP contribution in [0.25, 0.3) is 0 Å². The fourth-order valence-electron chi connectivity index (χ4n) is 2.09. The Morgan fingerprint density at radius 3 is 1.83 bits per heavy atom. The van der Waals surface area contributed by atoms with Gasteiger partial charge < -0.3 is 14.2 Å². The van der Waals surface area contributed by atoms with Crippen LogP contribution in [0.3, 0.4) is 0 Å². The first-order valence-electron chi connectivity index (χ1n) is 8.99. The Kier molecular flexibility index (Phi) is 8.82. The molecule has 0 atom stereocenters. The summed E-state index contributed by atoms with van der Waals surface area (Å²) in [6.07, 6.45) is 3.73. The van der Waals surface area contributed by atoms with Gasteiger partial charge in [0, 0.05) is 12.2 Å². The Morgan fingerprint density at radius 2 is 1.28 bits per heavy atom. The second-order valence-electron chi connectivity index (χ2n) is 5.74. The first kappa shape index (κ1) is 21.6. The van der Waals surface area contributed by atoms with E-state index in [9.17, 15) is 9.59 Å². The van der Waals surface area contributed by atoms with Crippen LogP contribution in [0.5, 0.6) is 11.5 Å². The lowest BCUT2D eigenvalue weighted by atomic mass is 10.3. The predicted molar refractivity (Wildman–Crippen MR) is 109 cm³/mol. The van der Waals surface area contributed by atoms with Gasteiger partial charge in [-0.05, 0) is 61.4 Å². The quantitative estimate of drug-likeness (QED) is 0.174. The number of carbonyl (C=O) groups is 2. The molecule has 0 bridgehead atoms. The third kappa shape index (κ3) is 8.21. The predicted octanol–water partition coefficient (Wildman–Crippen LogP) is 5.08. The summed E-state index contributed by atoms with van der Waals surface area (Å²) in [5.41, 5.74) is 1.30.